The van der Waals surface area contributed by atoms with Gasteiger partial charge in [-0.25, -0.2) is 4.68 Å². The summed E-state index contributed by atoms with van der Waals surface area (Å²) in [5, 5.41) is 16.7. The number of nitrogens with zero attached hydrogens (tertiary/aromatic N) is 3. The maximum Gasteiger partial charge on any atom is 0.320 e. The highest BCUT2D eigenvalue weighted by Gasteiger charge is 2.48. The molecule has 0 radical (unpaired) electrons. The SMILES string of the molecule is O=C(O)C1CCC(C(=O)NCc2cnn(-c3ccccc3)c2)N1C1CC1. The number of carbonyl (C=O) groups is 2. The van der Waals surface area contributed by atoms with E-state index in [0.29, 0.717) is 19.4 Å². The quantitative estimate of drug-likeness (QED) is 0.822. The molecule has 2 N–H and O–H groups in total. The highest BCUT2D eigenvalue weighted by molar-refractivity contribution is 5.84. The molecule has 0 bridgehead atoms. The number of likely N-dealkylation sites (tertiary alicyclic amines) is 1. The fourth-order valence-electron chi connectivity index (χ4n) is 3.71. The minimum absolute atomic E-state index is 0.0897. The van der Waals surface area contributed by atoms with Crippen molar-refractivity contribution in [3.05, 3.63) is 48.3 Å². The number of hydrogen-bond donors (Lipinski definition) is 2. The molecule has 26 heavy (non-hydrogen) atoms. The second-order valence-electron chi connectivity index (χ2n) is 6.97. The third kappa shape index (κ3) is 3.35. The van der Waals surface area contributed by atoms with Crippen LogP contribution < -0.4 is 5.32 Å². The van der Waals surface area contributed by atoms with Gasteiger partial charge in [-0.2, -0.15) is 5.10 Å². The molecular weight excluding hydrogens is 332 g/mol. The van der Waals surface area contributed by atoms with Gasteiger partial charge in [0.05, 0.1) is 17.9 Å². The Morgan fingerprint density at radius 1 is 1.12 bits per heavy atom. The summed E-state index contributed by atoms with van der Waals surface area (Å²) in [4.78, 5) is 26.0. The Kier molecular flexibility index (Phi) is 4.46. The first-order chi connectivity index (χ1) is 12.6. The van der Waals surface area contributed by atoms with Crippen molar-refractivity contribution < 1.29 is 14.7 Å². The number of aromatic nitrogens is 2. The smallest absolute Gasteiger partial charge is 0.320 e. The zero-order chi connectivity index (χ0) is 18.1. The van der Waals surface area contributed by atoms with Crippen molar-refractivity contribution in [2.45, 2.75) is 50.4 Å². The molecule has 2 aromatic rings. The Bertz CT molecular complexity index is 800. The molecule has 0 spiro atoms. The molecule has 2 heterocycles. The van der Waals surface area contributed by atoms with Gasteiger partial charge in [0.1, 0.15) is 6.04 Å². The van der Waals surface area contributed by atoms with E-state index in [4.69, 9.17) is 0 Å². The third-order valence-electron chi connectivity index (χ3n) is 5.11. The molecule has 2 unspecified atom stereocenters. The largest absolute Gasteiger partial charge is 0.480 e. The van der Waals surface area contributed by atoms with Gasteiger partial charge in [-0.1, -0.05) is 18.2 Å². The topological polar surface area (TPSA) is 87.5 Å². The molecule has 1 saturated carbocycles. The highest BCUT2D eigenvalue weighted by Crippen LogP contribution is 2.37. The maximum atomic E-state index is 12.6. The first-order valence-electron chi connectivity index (χ1n) is 9.00. The molecular formula is C19H22N4O3. The molecule has 1 saturated heterocycles. The lowest BCUT2D eigenvalue weighted by atomic mass is 10.2. The predicted octanol–water partition coefficient (Wildman–Crippen LogP) is 1.57. The number of para-hydroxylation sites is 1. The van der Waals surface area contributed by atoms with E-state index in [1.165, 1.54) is 0 Å². The Morgan fingerprint density at radius 3 is 2.54 bits per heavy atom. The number of amides is 1. The average molecular weight is 354 g/mol. The van der Waals surface area contributed by atoms with E-state index in [1.54, 1.807) is 10.9 Å². The summed E-state index contributed by atoms with van der Waals surface area (Å²) in [6, 6.07) is 9.16. The highest BCUT2D eigenvalue weighted by atomic mass is 16.4. The third-order valence-corrected chi connectivity index (χ3v) is 5.11. The summed E-state index contributed by atoms with van der Waals surface area (Å²) in [5.74, 6) is -0.913. The van der Waals surface area contributed by atoms with E-state index in [2.05, 4.69) is 10.4 Å². The van der Waals surface area contributed by atoms with Gasteiger partial charge < -0.3 is 10.4 Å². The van der Waals surface area contributed by atoms with Crippen LogP contribution in [0.3, 0.4) is 0 Å². The van der Waals surface area contributed by atoms with Crippen LogP contribution in [0.1, 0.15) is 31.2 Å². The van der Waals surface area contributed by atoms with Crippen LogP contribution >= 0.6 is 0 Å². The van der Waals surface area contributed by atoms with Crippen LogP contribution in [0.15, 0.2) is 42.7 Å². The van der Waals surface area contributed by atoms with Crippen molar-refractivity contribution in [3.63, 3.8) is 0 Å². The van der Waals surface area contributed by atoms with E-state index >= 15 is 0 Å². The Balaban J connectivity index is 1.38. The molecule has 1 aliphatic heterocycles. The number of carbonyl (C=O) groups excluding carboxylic acids is 1. The summed E-state index contributed by atoms with van der Waals surface area (Å²) < 4.78 is 1.77. The Labute approximate surface area is 151 Å². The fourth-order valence-corrected chi connectivity index (χ4v) is 3.71. The Hall–Kier alpha value is -2.67. The zero-order valence-corrected chi connectivity index (χ0v) is 14.4. The molecule has 136 valence electrons. The number of carboxylic acid groups (broad SMARTS) is 1. The van der Waals surface area contributed by atoms with Crippen molar-refractivity contribution in [2.24, 2.45) is 0 Å². The van der Waals surface area contributed by atoms with Gasteiger partial charge >= 0.3 is 5.97 Å². The summed E-state index contributed by atoms with van der Waals surface area (Å²) >= 11 is 0. The van der Waals surface area contributed by atoms with E-state index in [0.717, 1.165) is 24.1 Å². The number of aliphatic carboxylic acids is 1. The first kappa shape index (κ1) is 16.8. The predicted molar refractivity (Wildman–Crippen MR) is 94.7 cm³/mol. The summed E-state index contributed by atoms with van der Waals surface area (Å²) in [5.41, 5.74) is 1.87. The van der Waals surface area contributed by atoms with Crippen LogP contribution in [-0.4, -0.2) is 49.8 Å². The van der Waals surface area contributed by atoms with Gasteiger partial charge in [0, 0.05) is 24.3 Å². The monoisotopic (exact) mass is 354 g/mol. The van der Waals surface area contributed by atoms with Crippen molar-refractivity contribution in [1.82, 2.24) is 20.0 Å². The minimum atomic E-state index is -0.823. The van der Waals surface area contributed by atoms with Gasteiger partial charge in [-0.05, 0) is 37.8 Å². The van der Waals surface area contributed by atoms with Crippen LogP contribution in [0.25, 0.3) is 5.69 Å². The number of nitrogens with one attached hydrogen (secondary N) is 1. The maximum absolute atomic E-state index is 12.6. The van der Waals surface area contributed by atoms with Crippen molar-refractivity contribution in [3.8, 4) is 5.69 Å². The van der Waals surface area contributed by atoms with Gasteiger partial charge in [0.25, 0.3) is 0 Å². The lowest BCUT2D eigenvalue weighted by Gasteiger charge is -2.27. The molecule has 1 aromatic carbocycles. The van der Waals surface area contributed by atoms with E-state index in [-0.39, 0.29) is 18.0 Å². The number of hydrogen-bond acceptors (Lipinski definition) is 4. The minimum Gasteiger partial charge on any atom is -0.480 e. The molecule has 4 rings (SSSR count). The molecule has 7 heteroatoms. The molecule has 2 fully saturated rings. The van der Waals surface area contributed by atoms with Gasteiger partial charge in [-0.15, -0.1) is 0 Å². The van der Waals surface area contributed by atoms with Crippen LogP contribution in [0.5, 0.6) is 0 Å². The van der Waals surface area contributed by atoms with Gasteiger partial charge in [-0.3, -0.25) is 14.5 Å². The van der Waals surface area contributed by atoms with Crippen LogP contribution in [0.4, 0.5) is 0 Å². The van der Waals surface area contributed by atoms with Crippen molar-refractivity contribution in [1.29, 1.82) is 0 Å². The van der Waals surface area contributed by atoms with Crippen LogP contribution in [0.2, 0.25) is 0 Å². The standard InChI is InChI=1S/C19H22N4O3/c24-18(16-8-9-17(19(25)26)23(16)15-6-7-15)20-10-13-11-21-22(12-13)14-4-2-1-3-5-14/h1-5,11-12,15-17H,6-10H2,(H,20,24)(H,25,26). The van der Waals surface area contributed by atoms with Gasteiger partial charge in [0.15, 0.2) is 0 Å². The number of carboxylic acids is 1. The van der Waals surface area contributed by atoms with Crippen molar-refractivity contribution in [2.75, 3.05) is 0 Å². The molecule has 1 aromatic heterocycles. The summed E-state index contributed by atoms with van der Waals surface area (Å²) in [6.45, 7) is 0.387. The molecule has 2 aliphatic rings. The second kappa shape index (κ2) is 6.92. The zero-order valence-electron chi connectivity index (χ0n) is 14.4. The van der Waals surface area contributed by atoms with Crippen molar-refractivity contribution >= 4 is 11.9 Å². The molecule has 2 atom stereocenters. The fraction of sp³-hybridized carbons (Fsp3) is 0.421. The van der Waals surface area contributed by atoms with Gasteiger partial charge in [0.2, 0.25) is 5.91 Å². The lowest BCUT2D eigenvalue weighted by molar-refractivity contribution is -0.143. The van der Waals surface area contributed by atoms with E-state index in [1.807, 2.05) is 41.4 Å². The first-order valence-corrected chi connectivity index (χ1v) is 9.00. The van der Waals surface area contributed by atoms with Crippen LogP contribution in [0, 0.1) is 0 Å². The summed E-state index contributed by atoms with van der Waals surface area (Å²) in [7, 11) is 0. The van der Waals surface area contributed by atoms with E-state index in [9.17, 15) is 14.7 Å². The van der Waals surface area contributed by atoms with E-state index < -0.39 is 12.0 Å². The lowest BCUT2D eigenvalue weighted by Crippen LogP contribution is -2.49. The molecule has 7 nitrogen and oxygen atoms in total. The Morgan fingerprint density at radius 2 is 1.85 bits per heavy atom. The number of rotatable bonds is 6. The van der Waals surface area contributed by atoms with Crippen LogP contribution in [-0.2, 0) is 16.1 Å². The number of benzene rings is 1. The normalized spacial score (nSPS) is 23.1. The molecule has 1 aliphatic carbocycles. The molecule has 1 amide bonds. The second-order valence-corrected chi connectivity index (χ2v) is 6.97. The summed E-state index contributed by atoms with van der Waals surface area (Å²) in [6.07, 6.45) is 6.73. The average Bonchev–Trinajstić information content (AvgIpc) is 3.21.